The third-order valence-electron chi connectivity index (χ3n) is 3.05. The highest BCUT2D eigenvalue weighted by Gasteiger charge is 2.16. The highest BCUT2D eigenvalue weighted by molar-refractivity contribution is 8.01. The molecule has 1 amide bonds. The maximum Gasteiger partial charge on any atom is 0.313 e. The summed E-state index contributed by atoms with van der Waals surface area (Å²) in [5.74, 6) is -0.730. The van der Waals surface area contributed by atoms with E-state index in [0.29, 0.717) is 22.4 Å². The van der Waals surface area contributed by atoms with Crippen LogP contribution in [0.5, 0.6) is 0 Å². The van der Waals surface area contributed by atoms with Crippen LogP contribution < -0.4 is 5.32 Å². The minimum atomic E-state index is -0.878. The van der Waals surface area contributed by atoms with Crippen molar-refractivity contribution in [3.63, 3.8) is 0 Å². The molecule has 1 aromatic heterocycles. The molecule has 1 aliphatic rings. The first-order valence-electron chi connectivity index (χ1n) is 6.85. The van der Waals surface area contributed by atoms with E-state index in [1.165, 1.54) is 17.8 Å². The molecule has 21 heavy (non-hydrogen) atoms. The maximum absolute atomic E-state index is 12.0. The van der Waals surface area contributed by atoms with Crippen molar-refractivity contribution in [2.45, 2.75) is 30.0 Å². The van der Waals surface area contributed by atoms with Crippen molar-refractivity contribution in [1.29, 1.82) is 0 Å². The normalized spacial score (nSPS) is 15.0. The second-order valence-electron chi connectivity index (χ2n) is 4.67. The van der Waals surface area contributed by atoms with Crippen LogP contribution in [0.3, 0.4) is 0 Å². The number of aliphatic carboxylic acids is 1. The van der Waals surface area contributed by atoms with E-state index in [1.807, 2.05) is 4.90 Å². The Kier molecular flexibility index (Phi) is 6.24. The second-order valence-corrected chi connectivity index (χ2v) is 6.87. The average molecular weight is 330 g/mol. The van der Waals surface area contributed by atoms with Gasteiger partial charge in [-0.05, 0) is 19.3 Å². The number of anilines is 1. The standard InChI is InChI=1S/C12H18N4O3S2/c17-9(16-6-2-1-3-7-16)4-5-13-11-14-15-12(21-11)20-8-10(18)19/h1-8H2,(H,13,14)(H,18,19). The lowest BCUT2D eigenvalue weighted by Gasteiger charge is -2.26. The molecule has 2 N–H and O–H groups in total. The predicted molar refractivity (Wildman–Crippen MR) is 81.8 cm³/mol. The van der Waals surface area contributed by atoms with Gasteiger partial charge in [-0.25, -0.2) is 0 Å². The van der Waals surface area contributed by atoms with Crippen LogP contribution in [0.15, 0.2) is 4.34 Å². The lowest BCUT2D eigenvalue weighted by molar-refractivity contribution is -0.134. The Morgan fingerprint density at radius 3 is 2.76 bits per heavy atom. The van der Waals surface area contributed by atoms with E-state index in [9.17, 15) is 9.59 Å². The van der Waals surface area contributed by atoms with Crippen LogP contribution in [0.25, 0.3) is 0 Å². The number of likely N-dealkylation sites (tertiary alicyclic amines) is 1. The van der Waals surface area contributed by atoms with Gasteiger partial charge in [-0.15, -0.1) is 10.2 Å². The second kappa shape index (κ2) is 8.18. The monoisotopic (exact) mass is 330 g/mol. The van der Waals surface area contributed by atoms with Gasteiger partial charge in [-0.3, -0.25) is 9.59 Å². The van der Waals surface area contributed by atoms with E-state index < -0.39 is 5.97 Å². The molecule has 2 heterocycles. The first kappa shape index (κ1) is 16.0. The van der Waals surface area contributed by atoms with E-state index >= 15 is 0 Å². The van der Waals surface area contributed by atoms with Crippen molar-refractivity contribution in [2.75, 3.05) is 30.7 Å². The molecule has 1 aromatic rings. The van der Waals surface area contributed by atoms with Crippen molar-refractivity contribution < 1.29 is 14.7 Å². The third kappa shape index (κ3) is 5.50. The molecular weight excluding hydrogens is 312 g/mol. The van der Waals surface area contributed by atoms with Gasteiger partial charge in [-0.2, -0.15) is 0 Å². The number of carboxylic acids is 1. The predicted octanol–water partition coefficient (Wildman–Crippen LogP) is 1.53. The van der Waals surface area contributed by atoms with Crippen LogP contribution in [0.4, 0.5) is 5.13 Å². The zero-order valence-corrected chi connectivity index (χ0v) is 13.2. The van der Waals surface area contributed by atoms with Crippen LogP contribution in [-0.2, 0) is 9.59 Å². The van der Waals surface area contributed by atoms with Crippen LogP contribution in [0.2, 0.25) is 0 Å². The molecule has 2 rings (SSSR count). The number of aromatic nitrogens is 2. The van der Waals surface area contributed by atoms with Gasteiger partial charge in [-0.1, -0.05) is 23.1 Å². The first-order chi connectivity index (χ1) is 10.1. The number of rotatable bonds is 7. The fraction of sp³-hybridized carbons (Fsp3) is 0.667. The van der Waals surface area contributed by atoms with Crippen LogP contribution in [0.1, 0.15) is 25.7 Å². The van der Waals surface area contributed by atoms with E-state index in [2.05, 4.69) is 15.5 Å². The number of carbonyl (C=O) groups is 2. The van der Waals surface area contributed by atoms with Gasteiger partial charge in [0.15, 0.2) is 4.34 Å². The smallest absolute Gasteiger partial charge is 0.313 e. The average Bonchev–Trinajstić information content (AvgIpc) is 2.94. The summed E-state index contributed by atoms with van der Waals surface area (Å²) in [7, 11) is 0. The Balaban J connectivity index is 1.68. The summed E-state index contributed by atoms with van der Waals surface area (Å²) >= 11 is 2.45. The Hall–Kier alpha value is -1.35. The molecule has 0 atom stereocenters. The Morgan fingerprint density at radius 2 is 2.05 bits per heavy atom. The van der Waals surface area contributed by atoms with E-state index in [0.717, 1.165) is 37.7 Å². The lowest BCUT2D eigenvalue weighted by atomic mass is 10.1. The van der Waals surface area contributed by atoms with E-state index in [1.54, 1.807) is 0 Å². The molecule has 7 nitrogen and oxygen atoms in total. The number of piperidine rings is 1. The molecule has 1 saturated heterocycles. The molecule has 0 saturated carbocycles. The largest absolute Gasteiger partial charge is 0.481 e. The summed E-state index contributed by atoms with van der Waals surface area (Å²) in [5.41, 5.74) is 0. The van der Waals surface area contributed by atoms with E-state index in [-0.39, 0.29) is 11.7 Å². The molecular formula is C12H18N4O3S2. The number of thioether (sulfide) groups is 1. The first-order valence-corrected chi connectivity index (χ1v) is 8.65. The molecule has 116 valence electrons. The summed E-state index contributed by atoms with van der Waals surface area (Å²) < 4.78 is 0.613. The van der Waals surface area contributed by atoms with Crippen molar-refractivity contribution in [2.24, 2.45) is 0 Å². The summed E-state index contributed by atoms with van der Waals surface area (Å²) in [6.45, 7) is 2.26. The number of hydrogen-bond acceptors (Lipinski definition) is 7. The minimum absolute atomic E-state index is 0.0257. The van der Waals surface area contributed by atoms with Gasteiger partial charge in [0.25, 0.3) is 0 Å². The molecule has 0 spiro atoms. The quantitative estimate of drug-likeness (QED) is 0.732. The van der Waals surface area contributed by atoms with Crippen molar-refractivity contribution in [3.05, 3.63) is 0 Å². The number of hydrogen-bond donors (Lipinski definition) is 2. The number of carboxylic acid groups (broad SMARTS) is 1. The van der Waals surface area contributed by atoms with Crippen molar-refractivity contribution in [1.82, 2.24) is 15.1 Å². The molecule has 0 bridgehead atoms. The zero-order valence-electron chi connectivity index (χ0n) is 11.6. The van der Waals surface area contributed by atoms with Crippen LogP contribution >= 0.6 is 23.1 Å². The van der Waals surface area contributed by atoms with Crippen LogP contribution in [0, 0.1) is 0 Å². The highest BCUT2D eigenvalue weighted by atomic mass is 32.2. The van der Waals surface area contributed by atoms with E-state index in [4.69, 9.17) is 5.11 Å². The van der Waals surface area contributed by atoms with Crippen LogP contribution in [-0.4, -0.2) is 57.5 Å². The summed E-state index contributed by atoms with van der Waals surface area (Å²) in [6, 6.07) is 0. The third-order valence-corrected chi connectivity index (χ3v) is 5.05. The number of amides is 1. The number of nitrogens with one attached hydrogen (secondary N) is 1. The van der Waals surface area contributed by atoms with Gasteiger partial charge < -0.3 is 15.3 Å². The molecule has 0 radical (unpaired) electrons. The SMILES string of the molecule is O=C(O)CSc1nnc(NCCC(=O)N2CCCCC2)s1. The molecule has 0 unspecified atom stereocenters. The Bertz CT molecular complexity index is 489. The van der Waals surface area contributed by atoms with Gasteiger partial charge in [0, 0.05) is 26.1 Å². The molecule has 0 aromatic carbocycles. The molecule has 9 heteroatoms. The molecule has 1 aliphatic heterocycles. The number of carbonyl (C=O) groups excluding carboxylic acids is 1. The maximum atomic E-state index is 12.0. The topological polar surface area (TPSA) is 95.4 Å². The van der Waals surface area contributed by atoms with Gasteiger partial charge in [0.2, 0.25) is 11.0 Å². The zero-order chi connectivity index (χ0) is 15.1. The lowest BCUT2D eigenvalue weighted by Crippen LogP contribution is -2.36. The summed E-state index contributed by atoms with van der Waals surface area (Å²) in [5, 5.41) is 20.1. The molecule has 1 fully saturated rings. The summed E-state index contributed by atoms with van der Waals surface area (Å²) in [6.07, 6.45) is 3.85. The summed E-state index contributed by atoms with van der Waals surface area (Å²) in [4.78, 5) is 24.3. The highest BCUT2D eigenvalue weighted by Crippen LogP contribution is 2.25. The van der Waals surface area contributed by atoms with Crippen molar-refractivity contribution >= 4 is 40.1 Å². The van der Waals surface area contributed by atoms with Crippen molar-refractivity contribution in [3.8, 4) is 0 Å². The van der Waals surface area contributed by atoms with Gasteiger partial charge in [0.1, 0.15) is 0 Å². The van der Waals surface area contributed by atoms with Gasteiger partial charge >= 0.3 is 5.97 Å². The van der Waals surface area contributed by atoms with Gasteiger partial charge in [0.05, 0.1) is 5.75 Å². The fourth-order valence-corrected chi connectivity index (χ4v) is 3.54. The Morgan fingerprint density at radius 1 is 1.29 bits per heavy atom. The minimum Gasteiger partial charge on any atom is -0.481 e. The Labute approximate surface area is 131 Å². The molecule has 0 aliphatic carbocycles. The fourth-order valence-electron chi connectivity index (χ4n) is 2.04. The number of nitrogens with zero attached hydrogens (tertiary/aromatic N) is 3.